The van der Waals surface area contributed by atoms with Crippen LogP contribution < -0.4 is 15.4 Å². The van der Waals surface area contributed by atoms with E-state index in [-0.39, 0.29) is 21.9 Å². The number of unbranched alkanes of at least 4 members (excludes halogenated alkanes) is 3. The van der Waals surface area contributed by atoms with Crippen LogP contribution in [-0.4, -0.2) is 29.4 Å². The zero-order valence-electron chi connectivity index (χ0n) is 15.5. The monoisotopic (exact) mass is 421 g/mol. The topological polar surface area (TPSA) is 113 Å². The third-order valence-corrected chi connectivity index (χ3v) is 5.27. The fourth-order valence-electron chi connectivity index (χ4n) is 2.31. The molecule has 0 unspecified atom stereocenters. The first-order valence-electron chi connectivity index (χ1n) is 8.91. The highest BCUT2D eigenvalue weighted by molar-refractivity contribution is 7.92. The van der Waals surface area contributed by atoms with E-state index >= 15 is 0 Å². The summed E-state index contributed by atoms with van der Waals surface area (Å²) < 4.78 is 27.0. The Morgan fingerprint density at radius 1 is 1.07 bits per heavy atom. The van der Waals surface area contributed by atoms with Crippen LogP contribution in [-0.2, 0) is 14.8 Å². The van der Waals surface area contributed by atoms with Crippen molar-refractivity contribution in [3.8, 4) is 0 Å². The van der Waals surface area contributed by atoms with E-state index in [1.165, 1.54) is 24.5 Å². The molecule has 2 rings (SSSR count). The molecule has 28 heavy (non-hydrogen) atoms. The minimum absolute atomic E-state index is 0.00692. The van der Waals surface area contributed by atoms with Crippen molar-refractivity contribution in [2.75, 3.05) is 10.0 Å². The number of aromatic nitrogens is 2. The van der Waals surface area contributed by atoms with E-state index in [0.29, 0.717) is 12.1 Å². The average molecular weight is 422 g/mol. The fraction of sp³-hybridized carbons (Fsp3) is 0.333. The summed E-state index contributed by atoms with van der Waals surface area (Å²) in [5.41, 5.74) is 0.561. The molecule has 0 aliphatic heterocycles. The SMILES string of the molecule is CCCCCCC(=O)NC(=S)Nc1ccc(S(=O)(=O)Nc2ncccn2)cc1. The van der Waals surface area contributed by atoms with Gasteiger partial charge in [-0.2, -0.15) is 0 Å². The Morgan fingerprint density at radius 2 is 1.75 bits per heavy atom. The Labute approximate surface area is 170 Å². The molecule has 0 bridgehead atoms. The Balaban J connectivity index is 1.88. The molecule has 8 nitrogen and oxygen atoms in total. The second kappa shape index (κ2) is 10.7. The van der Waals surface area contributed by atoms with Crippen molar-refractivity contribution >= 4 is 44.9 Å². The number of sulfonamides is 1. The predicted octanol–water partition coefficient (Wildman–Crippen LogP) is 3.06. The lowest BCUT2D eigenvalue weighted by molar-refractivity contribution is -0.119. The van der Waals surface area contributed by atoms with E-state index in [1.807, 2.05) is 0 Å². The lowest BCUT2D eigenvalue weighted by atomic mass is 10.1. The molecule has 0 aliphatic carbocycles. The number of amides is 1. The van der Waals surface area contributed by atoms with Crippen molar-refractivity contribution in [3.63, 3.8) is 0 Å². The van der Waals surface area contributed by atoms with Gasteiger partial charge in [0, 0.05) is 24.5 Å². The van der Waals surface area contributed by atoms with E-state index in [1.54, 1.807) is 18.2 Å². The fourth-order valence-corrected chi connectivity index (χ4v) is 3.50. The number of thiocarbonyl (C=S) groups is 1. The van der Waals surface area contributed by atoms with Gasteiger partial charge in [-0.15, -0.1) is 0 Å². The highest BCUT2D eigenvalue weighted by Gasteiger charge is 2.15. The second-order valence-corrected chi connectivity index (χ2v) is 8.11. The predicted molar refractivity (Wildman–Crippen MR) is 112 cm³/mol. The molecule has 0 fully saturated rings. The molecule has 1 heterocycles. The lowest BCUT2D eigenvalue weighted by Gasteiger charge is -2.11. The number of carbonyl (C=O) groups is 1. The van der Waals surface area contributed by atoms with Crippen LogP contribution in [0, 0.1) is 0 Å². The summed E-state index contributed by atoms with van der Waals surface area (Å²) in [6.45, 7) is 2.11. The summed E-state index contributed by atoms with van der Waals surface area (Å²) in [5, 5.41) is 5.65. The summed E-state index contributed by atoms with van der Waals surface area (Å²) in [5.74, 6) is -0.146. The van der Waals surface area contributed by atoms with Crippen molar-refractivity contribution in [2.45, 2.75) is 43.9 Å². The third-order valence-electron chi connectivity index (χ3n) is 3.72. The van der Waals surface area contributed by atoms with Gasteiger partial charge in [0.25, 0.3) is 10.0 Å². The van der Waals surface area contributed by atoms with E-state index in [2.05, 4.69) is 32.2 Å². The molecule has 0 saturated carbocycles. The van der Waals surface area contributed by atoms with Crippen LogP contribution >= 0.6 is 12.2 Å². The zero-order chi connectivity index (χ0) is 20.4. The molecular formula is C18H23N5O3S2. The summed E-state index contributed by atoms with van der Waals surface area (Å²) in [6.07, 6.45) is 7.37. The van der Waals surface area contributed by atoms with Gasteiger partial charge in [-0.05, 0) is 49.0 Å². The van der Waals surface area contributed by atoms with Gasteiger partial charge >= 0.3 is 0 Å². The number of anilines is 2. The molecule has 10 heteroatoms. The Bertz CT molecular complexity index is 887. The van der Waals surface area contributed by atoms with Crippen LogP contribution in [0.4, 0.5) is 11.6 Å². The molecule has 3 N–H and O–H groups in total. The van der Waals surface area contributed by atoms with Gasteiger partial charge < -0.3 is 10.6 Å². The minimum Gasteiger partial charge on any atom is -0.332 e. The largest absolute Gasteiger partial charge is 0.332 e. The Hall–Kier alpha value is -2.59. The number of hydrogen-bond donors (Lipinski definition) is 3. The number of nitrogens with one attached hydrogen (secondary N) is 3. The quantitative estimate of drug-likeness (QED) is 0.421. The average Bonchev–Trinajstić information content (AvgIpc) is 2.66. The summed E-state index contributed by atoms with van der Waals surface area (Å²) in [7, 11) is -3.80. The maximum atomic E-state index is 12.3. The van der Waals surface area contributed by atoms with Crippen molar-refractivity contribution in [1.29, 1.82) is 0 Å². The standard InChI is InChI=1S/C18H23N5O3S2/c1-2-3-4-5-7-16(24)22-18(27)21-14-8-10-15(11-9-14)28(25,26)23-17-19-12-6-13-20-17/h6,8-13H,2-5,7H2,1H3,(H,19,20,23)(H2,21,22,24,27). The normalized spacial score (nSPS) is 10.9. The molecule has 0 saturated heterocycles. The van der Waals surface area contributed by atoms with E-state index in [9.17, 15) is 13.2 Å². The van der Waals surface area contributed by atoms with E-state index < -0.39 is 10.0 Å². The van der Waals surface area contributed by atoms with Gasteiger partial charge in [0.1, 0.15) is 0 Å². The first-order chi connectivity index (χ1) is 13.4. The summed E-state index contributed by atoms with van der Waals surface area (Å²) >= 11 is 5.12. The molecule has 150 valence electrons. The summed E-state index contributed by atoms with van der Waals surface area (Å²) in [4.78, 5) is 19.5. The lowest BCUT2D eigenvalue weighted by Crippen LogP contribution is -2.33. The highest BCUT2D eigenvalue weighted by atomic mass is 32.2. The van der Waals surface area contributed by atoms with E-state index in [4.69, 9.17) is 12.2 Å². The molecule has 2 aromatic rings. The number of rotatable bonds is 9. The zero-order valence-corrected chi connectivity index (χ0v) is 17.1. The number of nitrogens with zero attached hydrogens (tertiary/aromatic N) is 2. The van der Waals surface area contributed by atoms with Crippen molar-refractivity contribution in [1.82, 2.24) is 15.3 Å². The van der Waals surface area contributed by atoms with Crippen LogP contribution in [0.5, 0.6) is 0 Å². The summed E-state index contributed by atoms with van der Waals surface area (Å²) in [6, 6.07) is 7.54. The van der Waals surface area contributed by atoms with Crippen LogP contribution in [0.15, 0.2) is 47.6 Å². The maximum Gasteiger partial charge on any atom is 0.264 e. The van der Waals surface area contributed by atoms with Crippen molar-refractivity contribution < 1.29 is 13.2 Å². The third kappa shape index (κ3) is 7.20. The molecule has 0 atom stereocenters. The van der Waals surface area contributed by atoms with Gasteiger partial charge in [0.05, 0.1) is 4.90 Å². The molecule has 0 aliphatic rings. The highest BCUT2D eigenvalue weighted by Crippen LogP contribution is 2.16. The second-order valence-electron chi connectivity index (χ2n) is 6.02. The van der Waals surface area contributed by atoms with Gasteiger partial charge in [-0.25, -0.2) is 23.1 Å². The van der Waals surface area contributed by atoms with Crippen LogP contribution in [0.2, 0.25) is 0 Å². The molecule has 0 radical (unpaired) electrons. The van der Waals surface area contributed by atoms with Gasteiger partial charge in [-0.3, -0.25) is 4.79 Å². The van der Waals surface area contributed by atoms with Crippen LogP contribution in [0.3, 0.4) is 0 Å². The van der Waals surface area contributed by atoms with Gasteiger partial charge in [0.15, 0.2) is 5.11 Å². The van der Waals surface area contributed by atoms with E-state index in [0.717, 1.165) is 25.7 Å². The van der Waals surface area contributed by atoms with Gasteiger partial charge in [-0.1, -0.05) is 26.2 Å². The molecule has 1 amide bonds. The number of benzene rings is 1. The smallest absolute Gasteiger partial charge is 0.264 e. The Kier molecular flexibility index (Phi) is 8.27. The maximum absolute atomic E-state index is 12.3. The minimum atomic E-state index is -3.80. The van der Waals surface area contributed by atoms with Crippen molar-refractivity contribution in [3.05, 3.63) is 42.7 Å². The number of carbonyl (C=O) groups excluding carboxylic acids is 1. The van der Waals surface area contributed by atoms with Crippen LogP contribution in [0.1, 0.15) is 39.0 Å². The molecule has 0 spiro atoms. The first kappa shape index (κ1) is 21.7. The van der Waals surface area contributed by atoms with Gasteiger partial charge in [0.2, 0.25) is 11.9 Å². The Morgan fingerprint density at radius 3 is 2.39 bits per heavy atom. The van der Waals surface area contributed by atoms with Crippen LogP contribution in [0.25, 0.3) is 0 Å². The number of hydrogen-bond acceptors (Lipinski definition) is 6. The molecule has 1 aromatic heterocycles. The molecule has 1 aromatic carbocycles. The van der Waals surface area contributed by atoms with Crippen molar-refractivity contribution in [2.24, 2.45) is 0 Å². The first-order valence-corrected chi connectivity index (χ1v) is 10.8. The molecular weight excluding hydrogens is 398 g/mol.